The molecule has 1 aliphatic rings. The zero-order chi connectivity index (χ0) is 20.0. The van der Waals surface area contributed by atoms with Crippen LogP contribution >= 0.6 is 35.3 Å². The number of carbonyl (C=O) groups is 1. The lowest BCUT2D eigenvalue weighted by Gasteiger charge is -2.26. The first kappa shape index (κ1) is 26.1. The number of nitrogens with one attached hydrogen (secondary N) is 2. The average Bonchev–Trinajstić information content (AvgIpc) is 3.18. The van der Waals surface area contributed by atoms with Crippen LogP contribution in [0.2, 0.25) is 0 Å². The van der Waals surface area contributed by atoms with E-state index in [9.17, 15) is 4.79 Å². The van der Waals surface area contributed by atoms with E-state index < -0.39 is 0 Å². The number of hydrogen-bond donors (Lipinski definition) is 2. The Morgan fingerprint density at radius 3 is 2.76 bits per heavy atom. The quantitative estimate of drug-likeness (QED) is 0.185. The molecule has 0 saturated heterocycles. The summed E-state index contributed by atoms with van der Waals surface area (Å²) in [6, 6.07) is 2.11. The molecule has 0 aliphatic carbocycles. The molecule has 1 aliphatic heterocycles. The summed E-state index contributed by atoms with van der Waals surface area (Å²) >= 11 is 1.78. The first-order valence-corrected chi connectivity index (χ1v) is 11.1. The molecule has 0 spiro atoms. The molecule has 166 valence electrons. The summed E-state index contributed by atoms with van der Waals surface area (Å²) in [5.74, 6) is 0.710. The third-order valence-corrected chi connectivity index (χ3v) is 5.45. The minimum Gasteiger partial charge on any atom is -0.379 e. The first-order valence-electron chi connectivity index (χ1n) is 10.2. The molecule has 29 heavy (non-hydrogen) atoms. The Balaban J connectivity index is 0.00000420. The number of aliphatic imine (C=N–C) groups is 1. The van der Waals surface area contributed by atoms with Crippen molar-refractivity contribution in [3.63, 3.8) is 0 Å². The maximum Gasteiger partial charge on any atom is 0.244 e. The maximum atomic E-state index is 12.5. The summed E-state index contributed by atoms with van der Waals surface area (Å²) in [5, 5.41) is 8.47. The number of nitrogens with zero attached hydrogens (tertiary/aromatic N) is 2. The van der Waals surface area contributed by atoms with Crippen LogP contribution in [0.3, 0.4) is 0 Å². The fourth-order valence-corrected chi connectivity index (χ4v) is 3.75. The summed E-state index contributed by atoms with van der Waals surface area (Å²) in [7, 11) is 0. The SMILES string of the molecule is CCCCOCCOCCNC(=NCC(=O)N1CCc2sccc2C1)NCC.I. The van der Waals surface area contributed by atoms with Crippen molar-refractivity contribution in [2.75, 3.05) is 52.6 Å². The van der Waals surface area contributed by atoms with E-state index in [0.717, 1.165) is 39.0 Å². The Morgan fingerprint density at radius 1 is 1.21 bits per heavy atom. The molecule has 0 bridgehead atoms. The minimum absolute atomic E-state index is 0. The van der Waals surface area contributed by atoms with Crippen LogP contribution in [0.25, 0.3) is 0 Å². The van der Waals surface area contributed by atoms with Crippen LogP contribution in [0.15, 0.2) is 16.4 Å². The second-order valence-electron chi connectivity index (χ2n) is 6.63. The van der Waals surface area contributed by atoms with Crippen LogP contribution in [-0.2, 0) is 27.2 Å². The highest BCUT2D eigenvalue weighted by atomic mass is 127. The Bertz CT molecular complexity index is 612. The molecule has 0 fully saturated rings. The lowest BCUT2D eigenvalue weighted by atomic mass is 10.1. The van der Waals surface area contributed by atoms with Crippen molar-refractivity contribution in [1.82, 2.24) is 15.5 Å². The van der Waals surface area contributed by atoms with Gasteiger partial charge in [0.2, 0.25) is 5.91 Å². The van der Waals surface area contributed by atoms with Gasteiger partial charge in [-0.25, -0.2) is 4.99 Å². The van der Waals surface area contributed by atoms with Crippen LogP contribution in [0.5, 0.6) is 0 Å². The molecule has 0 saturated carbocycles. The number of fused-ring (bicyclic) bond motifs is 1. The van der Waals surface area contributed by atoms with Gasteiger partial charge in [-0.3, -0.25) is 4.79 Å². The molecular weight excluding hydrogens is 503 g/mol. The van der Waals surface area contributed by atoms with Gasteiger partial charge in [-0.15, -0.1) is 35.3 Å². The van der Waals surface area contributed by atoms with E-state index in [1.807, 2.05) is 11.8 Å². The van der Waals surface area contributed by atoms with Gasteiger partial charge < -0.3 is 25.0 Å². The van der Waals surface area contributed by atoms with Gasteiger partial charge in [0.25, 0.3) is 0 Å². The maximum absolute atomic E-state index is 12.5. The number of guanidine groups is 1. The second kappa shape index (κ2) is 15.9. The van der Waals surface area contributed by atoms with Crippen LogP contribution in [0.1, 0.15) is 37.1 Å². The van der Waals surface area contributed by atoms with E-state index in [1.165, 1.54) is 10.4 Å². The molecule has 2 rings (SSSR count). The van der Waals surface area contributed by atoms with Gasteiger partial charge in [0, 0.05) is 37.7 Å². The van der Waals surface area contributed by atoms with Gasteiger partial charge in [0.1, 0.15) is 6.54 Å². The predicted octanol–water partition coefficient (Wildman–Crippen LogP) is 2.64. The van der Waals surface area contributed by atoms with Crippen LogP contribution < -0.4 is 10.6 Å². The molecule has 0 atom stereocenters. The summed E-state index contributed by atoms with van der Waals surface area (Å²) in [4.78, 5) is 20.2. The van der Waals surface area contributed by atoms with Crippen molar-refractivity contribution < 1.29 is 14.3 Å². The standard InChI is InChI=1S/C20H34N4O3S.HI/c1-3-5-10-26-12-13-27-11-8-22-20(21-4-2)23-15-19(25)24-9-6-18-17(16-24)7-14-28-18;/h7,14H,3-6,8-13,15-16H2,1-2H3,(H2,21,22,23);1H. The lowest BCUT2D eigenvalue weighted by molar-refractivity contribution is -0.130. The third-order valence-electron chi connectivity index (χ3n) is 4.43. The van der Waals surface area contributed by atoms with E-state index in [2.05, 4.69) is 34.0 Å². The van der Waals surface area contributed by atoms with Gasteiger partial charge in [0.05, 0.1) is 19.8 Å². The van der Waals surface area contributed by atoms with Gasteiger partial charge in [-0.1, -0.05) is 13.3 Å². The smallest absolute Gasteiger partial charge is 0.244 e. The average molecular weight is 538 g/mol. The first-order chi connectivity index (χ1) is 13.7. The molecule has 2 heterocycles. The molecule has 7 nitrogen and oxygen atoms in total. The van der Waals surface area contributed by atoms with E-state index >= 15 is 0 Å². The number of hydrogen-bond acceptors (Lipinski definition) is 5. The Morgan fingerprint density at radius 2 is 2.00 bits per heavy atom. The van der Waals surface area contributed by atoms with Gasteiger partial charge in [-0.2, -0.15) is 0 Å². The number of rotatable bonds is 12. The number of amides is 1. The van der Waals surface area contributed by atoms with E-state index in [1.54, 1.807) is 11.3 Å². The van der Waals surface area contributed by atoms with E-state index in [-0.39, 0.29) is 36.4 Å². The zero-order valence-corrected chi connectivity index (χ0v) is 20.7. The molecular formula is C20H35IN4O3S. The van der Waals surface area contributed by atoms with Crippen molar-refractivity contribution >= 4 is 47.2 Å². The highest BCUT2D eigenvalue weighted by Gasteiger charge is 2.21. The van der Waals surface area contributed by atoms with Gasteiger partial charge in [0.15, 0.2) is 5.96 Å². The predicted molar refractivity (Wildman–Crippen MR) is 129 cm³/mol. The Kier molecular flexibility index (Phi) is 14.3. The van der Waals surface area contributed by atoms with Crippen molar-refractivity contribution in [1.29, 1.82) is 0 Å². The number of unbranched alkanes of at least 4 members (excludes halogenated alkanes) is 1. The molecule has 1 aromatic heterocycles. The number of halogens is 1. The lowest BCUT2D eigenvalue weighted by Crippen LogP contribution is -2.41. The van der Waals surface area contributed by atoms with Crippen molar-refractivity contribution in [3.8, 4) is 0 Å². The Labute approximate surface area is 195 Å². The topological polar surface area (TPSA) is 75.2 Å². The largest absolute Gasteiger partial charge is 0.379 e. The zero-order valence-electron chi connectivity index (χ0n) is 17.6. The van der Waals surface area contributed by atoms with Crippen molar-refractivity contribution in [2.45, 2.75) is 39.7 Å². The highest BCUT2D eigenvalue weighted by molar-refractivity contribution is 14.0. The van der Waals surface area contributed by atoms with E-state index in [4.69, 9.17) is 9.47 Å². The molecule has 2 N–H and O–H groups in total. The summed E-state index contributed by atoms with van der Waals surface area (Å²) in [6.07, 6.45) is 3.18. The monoisotopic (exact) mass is 538 g/mol. The van der Waals surface area contributed by atoms with Gasteiger partial charge >= 0.3 is 0 Å². The fraction of sp³-hybridized carbons (Fsp3) is 0.700. The van der Waals surface area contributed by atoms with Crippen LogP contribution in [0.4, 0.5) is 0 Å². The Hall–Kier alpha value is -0.910. The van der Waals surface area contributed by atoms with Crippen molar-refractivity contribution in [3.05, 3.63) is 21.9 Å². The summed E-state index contributed by atoms with van der Waals surface area (Å²) in [5.41, 5.74) is 1.27. The number of thiophene rings is 1. The molecule has 1 aromatic rings. The number of carbonyl (C=O) groups excluding carboxylic acids is 1. The van der Waals surface area contributed by atoms with Gasteiger partial charge in [-0.05, 0) is 36.8 Å². The van der Waals surface area contributed by atoms with Crippen LogP contribution in [-0.4, -0.2) is 69.4 Å². The van der Waals surface area contributed by atoms with Crippen LogP contribution in [0, 0.1) is 0 Å². The summed E-state index contributed by atoms with van der Waals surface area (Å²) < 4.78 is 11.0. The molecule has 0 radical (unpaired) electrons. The van der Waals surface area contributed by atoms with Crippen molar-refractivity contribution in [2.24, 2.45) is 4.99 Å². The molecule has 0 aromatic carbocycles. The molecule has 1 amide bonds. The summed E-state index contributed by atoms with van der Waals surface area (Å²) in [6.45, 7) is 9.76. The second-order valence-corrected chi connectivity index (χ2v) is 7.64. The fourth-order valence-electron chi connectivity index (χ4n) is 2.86. The normalized spacial score (nSPS) is 13.6. The molecule has 9 heteroatoms. The van der Waals surface area contributed by atoms with E-state index in [0.29, 0.717) is 38.9 Å². The molecule has 0 unspecified atom stereocenters. The minimum atomic E-state index is 0. The highest BCUT2D eigenvalue weighted by Crippen LogP contribution is 2.23. The third kappa shape index (κ3) is 10.1. The number of ether oxygens (including phenoxy) is 2.